The molecule has 0 aliphatic rings. The number of anilines is 1. The molecule has 0 aliphatic carbocycles. The van der Waals surface area contributed by atoms with Crippen LogP contribution in [0, 0.1) is 9.39 Å². The summed E-state index contributed by atoms with van der Waals surface area (Å²) in [4.78, 5) is 11.2. The van der Waals surface area contributed by atoms with Crippen LogP contribution in [0.2, 0.25) is 0 Å². The van der Waals surface area contributed by atoms with Crippen molar-refractivity contribution in [2.75, 3.05) is 5.73 Å². The maximum atomic E-state index is 13.1. The summed E-state index contributed by atoms with van der Waals surface area (Å²) < 4.78 is 13.6. The average molecular weight is 293 g/mol. The molecule has 1 rings (SSSR count). The monoisotopic (exact) mass is 293 g/mol. The highest BCUT2D eigenvalue weighted by molar-refractivity contribution is 14.1. The molecule has 0 saturated heterocycles. The van der Waals surface area contributed by atoms with Gasteiger partial charge in [0.2, 0.25) is 0 Å². The maximum Gasteiger partial charge on any atom is 0.162 e. The van der Waals surface area contributed by atoms with Crippen molar-refractivity contribution in [3.05, 3.63) is 27.1 Å². The highest BCUT2D eigenvalue weighted by atomic mass is 127. The second kappa shape index (κ2) is 4.04. The molecule has 1 aromatic rings. The third kappa shape index (κ3) is 2.18. The second-order valence-corrected chi connectivity index (χ2v) is 3.79. The molecule has 2 N–H and O–H groups in total. The van der Waals surface area contributed by atoms with Gasteiger partial charge >= 0.3 is 0 Å². The largest absolute Gasteiger partial charge is 0.395 e. The number of nitrogens with two attached hydrogens (primary N) is 1. The molecular formula is C9H9FINO. The molecule has 0 unspecified atom stereocenters. The van der Waals surface area contributed by atoms with Crippen LogP contribution in [0.5, 0.6) is 0 Å². The van der Waals surface area contributed by atoms with Crippen molar-refractivity contribution in [2.24, 2.45) is 0 Å². The smallest absolute Gasteiger partial charge is 0.162 e. The van der Waals surface area contributed by atoms with Crippen LogP contribution in [-0.2, 0) is 0 Å². The minimum atomic E-state index is -0.524. The van der Waals surface area contributed by atoms with Crippen molar-refractivity contribution in [1.29, 1.82) is 0 Å². The Morgan fingerprint density at radius 2 is 2.23 bits per heavy atom. The van der Waals surface area contributed by atoms with Crippen LogP contribution in [-0.4, -0.2) is 5.78 Å². The van der Waals surface area contributed by atoms with E-state index >= 15 is 0 Å². The highest BCUT2D eigenvalue weighted by Crippen LogP contribution is 2.21. The van der Waals surface area contributed by atoms with E-state index in [-0.39, 0.29) is 11.5 Å². The van der Waals surface area contributed by atoms with E-state index in [0.29, 0.717) is 15.6 Å². The Bertz CT molecular complexity index is 328. The molecule has 0 radical (unpaired) electrons. The Labute approximate surface area is 89.5 Å². The molecule has 0 atom stereocenters. The number of rotatable bonds is 2. The Morgan fingerprint density at radius 1 is 1.62 bits per heavy atom. The molecule has 4 heteroatoms. The summed E-state index contributed by atoms with van der Waals surface area (Å²) in [5.74, 6) is -0.597. The summed E-state index contributed by atoms with van der Waals surface area (Å²) in [6, 6.07) is 2.79. The zero-order chi connectivity index (χ0) is 10.0. The lowest BCUT2D eigenvalue weighted by molar-refractivity contribution is 0.0987. The third-order valence-electron chi connectivity index (χ3n) is 1.72. The molecule has 0 fully saturated rings. The van der Waals surface area contributed by atoms with Gasteiger partial charge in [-0.2, -0.15) is 0 Å². The summed E-state index contributed by atoms with van der Waals surface area (Å²) in [5, 5.41) is 0. The average Bonchev–Trinajstić information content (AvgIpc) is 2.12. The van der Waals surface area contributed by atoms with Gasteiger partial charge in [-0.1, -0.05) is 6.92 Å². The Balaban J connectivity index is 3.20. The number of benzene rings is 1. The topological polar surface area (TPSA) is 43.1 Å². The SMILES string of the molecule is CCC(=O)c1cc(F)c(N)c(I)c1. The lowest BCUT2D eigenvalue weighted by Crippen LogP contribution is -2.02. The van der Waals surface area contributed by atoms with Crippen LogP contribution in [0.3, 0.4) is 0 Å². The Morgan fingerprint density at radius 3 is 2.69 bits per heavy atom. The number of hydrogen-bond donors (Lipinski definition) is 1. The Kier molecular flexibility index (Phi) is 3.24. The van der Waals surface area contributed by atoms with Crippen LogP contribution in [0.15, 0.2) is 12.1 Å². The third-order valence-corrected chi connectivity index (χ3v) is 2.61. The van der Waals surface area contributed by atoms with Gasteiger partial charge in [0.15, 0.2) is 5.78 Å². The van der Waals surface area contributed by atoms with Gasteiger partial charge in [-0.05, 0) is 34.7 Å². The van der Waals surface area contributed by atoms with Crippen LogP contribution in [0.1, 0.15) is 23.7 Å². The summed E-state index contributed by atoms with van der Waals surface area (Å²) in [5.41, 5.74) is 5.89. The van der Waals surface area contributed by atoms with E-state index in [1.807, 2.05) is 22.6 Å². The summed E-state index contributed by atoms with van der Waals surface area (Å²) in [6.07, 6.45) is 0.374. The van der Waals surface area contributed by atoms with Crippen LogP contribution in [0.4, 0.5) is 10.1 Å². The summed E-state index contributed by atoms with van der Waals surface area (Å²) in [7, 11) is 0. The van der Waals surface area contributed by atoms with Gasteiger partial charge in [0.1, 0.15) is 5.82 Å². The first-order valence-electron chi connectivity index (χ1n) is 3.84. The normalized spacial score (nSPS) is 10.1. The van der Waals surface area contributed by atoms with Crippen molar-refractivity contribution in [2.45, 2.75) is 13.3 Å². The molecule has 0 aliphatic heterocycles. The molecule has 0 amide bonds. The Hall–Kier alpha value is -0.650. The number of halogens is 2. The molecule has 70 valence electrons. The quantitative estimate of drug-likeness (QED) is 0.517. The fraction of sp³-hybridized carbons (Fsp3) is 0.222. The maximum absolute atomic E-state index is 13.1. The first-order chi connectivity index (χ1) is 6.06. The minimum absolute atomic E-state index is 0.0724. The van der Waals surface area contributed by atoms with E-state index in [9.17, 15) is 9.18 Å². The van der Waals surface area contributed by atoms with E-state index in [1.165, 1.54) is 6.07 Å². The van der Waals surface area contributed by atoms with Gasteiger partial charge in [-0.25, -0.2) is 4.39 Å². The number of ketones is 1. The summed E-state index contributed by atoms with van der Waals surface area (Å²) >= 11 is 1.91. The molecule has 0 bridgehead atoms. The predicted molar refractivity (Wildman–Crippen MR) is 58.2 cm³/mol. The lowest BCUT2D eigenvalue weighted by atomic mass is 10.1. The van der Waals surface area contributed by atoms with Gasteiger partial charge in [-0.3, -0.25) is 4.79 Å². The van der Waals surface area contributed by atoms with Crippen molar-refractivity contribution >= 4 is 34.1 Å². The van der Waals surface area contributed by atoms with E-state index in [0.717, 1.165) is 0 Å². The van der Waals surface area contributed by atoms with Crippen molar-refractivity contribution in [1.82, 2.24) is 0 Å². The molecule has 13 heavy (non-hydrogen) atoms. The standard InChI is InChI=1S/C9H9FINO/c1-2-8(13)5-3-6(10)9(12)7(11)4-5/h3-4H,2,12H2,1H3. The van der Waals surface area contributed by atoms with Gasteiger partial charge < -0.3 is 5.73 Å². The number of Topliss-reactive ketones (excluding diaryl/α,β-unsaturated/α-hetero) is 1. The van der Waals surface area contributed by atoms with E-state index < -0.39 is 5.82 Å². The highest BCUT2D eigenvalue weighted by Gasteiger charge is 2.09. The first-order valence-corrected chi connectivity index (χ1v) is 4.91. The van der Waals surface area contributed by atoms with Gasteiger partial charge in [0, 0.05) is 15.6 Å². The van der Waals surface area contributed by atoms with E-state index in [2.05, 4.69) is 0 Å². The van der Waals surface area contributed by atoms with Crippen LogP contribution in [0.25, 0.3) is 0 Å². The molecule has 0 saturated carbocycles. The number of nitrogen functional groups attached to an aromatic ring is 1. The number of carbonyl (C=O) groups excluding carboxylic acids is 1. The molecule has 1 aromatic carbocycles. The number of carbonyl (C=O) groups is 1. The molecule has 0 aromatic heterocycles. The van der Waals surface area contributed by atoms with Gasteiger partial charge in [0.25, 0.3) is 0 Å². The van der Waals surface area contributed by atoms with E-state index in [1.54, 1.807) is 13.0 Å². The molecular weight excluding hydrogens is 284 g/mol. The molecule has 0 heterocycles. The lowest BCUT2D eigenvalue weighted by Gasteiger charge is -2.03. The minimum Gasteiger partial charge on any atom is -0.395 e. The second-order valence-electron chi connectivity index (χ2n) is 2.63. The molecule has 0 spiro atoms. The zero-order valence-electron chi connectivity index (χ0n) is 7.10. The van der Waals surface area contributed by atoms with Crippen molar-refractivity contribution in [3.63, 3.8) is 0 Å². The van der Waals surface area contributed by atoms with Gasteiger partial charge in [-0.15, -0.1) is 0 Å². The zero-order valence-corrected chi connectivity index (χ0v) is 9.26. The fourth-order valence-electron chi connectivity index (χ4n) is 0.949. The molecule has 2 nitrogen and oxygen atoms in total. The van der Waals surface area contributed by atoms with E-state index in [4.69, 9.17) is 5.73 Å². The van der Waals surface area contributed by atoms with Crippen molar-refractivity contribution < 1.29 is 9.18 Å². The van der Waals surface area contributed by atoms with Gasteiger partial charge in [0.05, 0.1) is 5.69 Å². The van der Waals surface area contributed by atoms with Crippen LogP contribution < -0.4 is 5.73 Å². The summed E-state index contributed by atoms with van der Waals surface area (Å²) in [6.45, 7) is 1.74. The fourth-order valence-corrected chi connectivity index (χ4v) is 1.54. The van der Waals surface area contributed by atoms with Crippen LogP contribution >= 0.6 is 22.6 Å². The predicted octanol–water partition coefficient (Wildman–Crippen LogP) is 2.61. The number of hydrogen-bond acceptors (Lipinski definition) is 2. The first kappa shape index (κ1) is 10.4. The van der Waals surface area contributed by atoms with Crippen molar-refractivity contribution in [3.8, 4) is 0 Å².